The van der Waals surface area contributed by atoms with Gasteiger partial charge < -0.3 is 44.7 Å². The number of morpholine rings is 1. The zero-order chi connectivity index (χ0) is 31.7. The number of anilines is 3. The molecule has 0 aliphatic carbocycles. The van der Waals surface area contributed by atoms with Gasteiger partial charge in [0, 0.05) is 52.0 Å². The number of nitrogens with zero attached hydrogens (tertiary/aromatic N) is 8. The summed E-state index contributed by atoms with van der Waals surface area (Å²) in [5.74, 6) is 0.301. The van der Waals surface area contributed by atoms with E-state index in [2.05, 4.69) is 30.2 Å². The minimum atomic E-state index is -2.92. The van der Waals surface area contributed by atoms with Crippen molar-refractivity contribution in [1.82, 2.24) is 35.1 Å². The molecule has 0 spiro atoms. The third-order valence-corrected chi connectivity index (χ3v) is 6.38. The topological polar surface area (TPSA) is 183 Å². The van der Waals surface area contributed by atoms with Crippen LogP contribution in [0, 0.1) is 0 Å². The molecule has 18 heteroatoms. The van der Waals surface area contributed by atoms with Crippen LogP contribution < -0.4 is 20.9 Å². The van der Waals surface area contributed by atoms with Crippen LogP contribution in [0.3, 0.4) is 0 Å². The molecule has 2 saturated heterocycles. The van der Waals surface area contributed by atoms with Crippen LogP contribution in [0.4, 0.5) is 36.2 Å². The maximum absolute atomic E-state index is 13.8. The third-order valence-electron chi connectivity index (χ3n) is 6.38. The van der Waals surface area contributed by atoms with Crippen molar-refractivity contribution in [3.8, 4) is 11.4 Å². The number of rotatable bonds is 10. The number of alkyl carbamates (subject to hydrolysis) is 1. The van der Waals surface area contributed by atoms with Gasteiger partial charge in [-0.1, -0.05) is 0 Å². The van der Waals surface area contributed by atoms with Crippen LogP contribution in [-0.2, 0) is 18.9 Å². The predicted molar refractivity (Wildman–Crippen MR) is 153 cm³/mol. The molecule has 2 aliphatic rings. The van der Waals surface area contributed by atoms with E-state index >= 15 is 0 Å². The summed E-state index contributed by atoms with van der Waals surface area (Å²) in [6, 6.07) is 0. The Kier molecular flexibility index (Phi) is 11.2. The molecule has 0 saturated carbocycles. The standard InChI is InChI=1S/C26H38F2N10O6/c1-26(2,3)44-24(39)30-4-11-41-14-15-43-25(40)38-7-5-36(6-8-38)22-33-20(17-16-31-21(29)32-18(17)19(27)28)34-23(35-22)37-9-12-42-13-10-37/h16,19H,4-15H2,1-3H3,(H,30,39)(H2,29,31,32). The van der Waals surface area contributed by atoms with E-state index in [0.29, 0.717) is 58.4 Å². The zero-order valence-electron chi connectivity index (χ0n) is 25.0. The van der Waals surface area contributed by atoms with Gasteiger partial charge >= 0.3 is 12.2 Å². The summed E-state index contributed by atoms with van der Waals surface area (Å²) in [4.78, 5) is 50.6. The summed E-state index contributed by atoms with van der Waals surface area (Å²) < 4.78 is 48.9. The number of hydrogen-bond donors (Lipinski definition) is 2. The van der Waals surface area contributed by atoms with Gasteiger partial charge in [0.05, 0.1) is 32.0 Å². The van der Waals surface area contributed by atoms with Crippen molar-refractivity contribution in [3.63, 3.8) is 0 Å². The van der Waals surface area contributed by atoms with Crippen LogP contribution in [0.25, 0.3) is 11.4 Å². The molecule has 2 aromatic rings. The molecule has 242 valence electrons. The number of ether oxygens (including phenoxy) is 4. The summed E-state index contributed by atoms with van der Waals surface area (Å²) in [5.41, 5.74) is 4.35. The lowest BCUT2D eigenvalue weighted by Crippen LogP contribution is -2.49. The molecule has 2 fully saturated rings. The van der Waals surface area contributed by atoms with Crippen molar-refractivity contribution in [1.29, 1.82) is 0 Å². The first-order chi connectivity index (χ1) is 21.0. The van der Waals surface area contributed by atoms with Crippen LogP contribution in [0.2, 0.25) is 0 Å². The van der Waals surface area contributed by atoms with Crippen molar-refractivity contribution in [2.24, 2.45) is 0 Å². The number of alkyl halides is 2. The highest BCUT2D eigenvalue weighted by molar-refractivity contribution is 5.68. The van der Waals surface area contributed by atoms with Crippen LogP contribution in [0.1, 0.15) is 32.9 Å². The molecular formula is C26H38F2N10O6. The van der Waals surface area contributed by atoms with Gasteiger partial charge in [0.15, 0.2) is 5.82 Å². The van der Waals surface area contributed by atoms with Crippen molar-refractivity contribution in [2.75, 3.05) is 94.4 Å². The first-order valence-electron chi connectivity index (χ1n) is 14.2. The van der Waals surface area contributed by atoms with Crippen LogP contribution >= 0.6 is 0 Å². The second-order valence-corrected chi connectivity index (χ2v) is 10.8. The number of carbonyl (C=O) groups is 2. The van der Waals surface area contributed by atoms with Gasteiger partial charge in [-0.15, -0.1) is 0 Å². The summed E-state index contributed by atoms with van der Waals surface area (Å²) in [6.07, 6.45) is -2.77. The van der Waals surface area contributed by atoms with Crippen molar-refractivity contribution >= 4 is 30.0 Å². The Bertz CT molecular complexity index is 1270. The summed E-state index contributed by atoms with van der Waals surface area (Å²) >= 11 is 0. The molecule has 0 radical (unpaired) electrons. The number of nitrogens with one attached hydrogen (secondary N) is 1. The average molecular weight is 625 g/mol. The molecular weight excluding hydrogens is 586 g/mol. The fourth-order valence-corrected chi connectivity index (χ4v) is 4.28. The molecule has 0 aromatic carbocycles. The Labute approximate surface area is 253 Å². The lowest BCUT2D eigenvalue weighted by atomic mass is 10.2. The van der Waals surface area contributed by atoms with Crippen molar-refractivity contribution in [2.45, 2.75) is 32.8 Å². The third kappa shape index (κ3) is 9.40. The lowest BCUT2D eigenvalue weighted by Gasteiger charge is -2.34. The Balaban J connectivity index is 1.32. The largest absolute Gasteiger partial charge is 0.447 e. The quantitative estimate of drug-likeness (QED) is 0.362. The van der Waals surface area contributed by atoms with Crippen LogP contribution in [-0.4, -0.2) is 126 Å². The SMILES string of the molecule is CC(C)(C)OC(=O)NCCOCCOC(=O)N1CCN(c2nc(-c3cnc(N)nc3C(F)F)nc(N3CCOCC3)n2)CC1. The highest BCUT2D eigenvalue weighted by Crippen LogP contribution is 2.30. The van der Waals surface area contributed by atoms with E-state index in [1.54, 1.807) is 25.7 Å². The first-order valence-corrected chi connectivity index (χ1v) is 14.2. The Morgan fingerprint density at radius 1 is 0.977 bits per heavy atom. The van der Waals surface area contributed by atoms with Gasteiger partial charge in [-0.05, 0) is 20.8 Å². The first kappa shape index (κ1) is 32.7. The van der Waals surface area contributed by atoms with E-state index in [9.17, 15) is 18.4 Å². The smallest absolute Gasteiger partial charge is 0.409 e. The molecule has 0 unspecified atom stereocenters. The molecule has 0 atom stereocenters. The summed E-state index contributed by atoms with van der Waals surface area (Å²) in [7, 11) is 0. The highest BCUT2D eigenvalue weighted by atomic mass is 19.3. The average Bonchev–Trinajstić information content (AvgIpc) is 2.99. The van der Waals surface area contributed by atoms with Crippen LogP contribution in [0.15, 0.2) is 6.20 Å². The monoisotopic (exact) mass is 624 g/mol. The molecule has 2 aliphatic heterocycles. The van der Waals surface area contributed by atoms with E-state index in [-0.39, 0.29) is 49.6 Å². The maximum Gasteiger partial charge on any atom is 0.409 e. The minimum absolute atomic E-state index is 0.00470. The molecule has 16 nitrogen and oxygen atoms in total. The zero-order valence-corrected chi connectivity index (χ0v) is 25.0. The molecule has 3 N–H and O–H groups in total. The lowest BCUT2D eigenvalue weighted by molar-refractivity contribution is 0.0440. The Morgan fingerprint density at radius 2 is 1.64 bits per heavy atom. The van der Waals surface area contributed by atoms with E-state index < -0.39 is 29.9 Å². The minimum Gasteiger partial charge on any atom is -0.447 e. The molecule has 44 heavy (non-hydrogen) atoms. The second kappa shape index (κ2) is 15.0. The van der Waals surface area contributed by atoms with Crippen LogP contribution in [0.5, 0.6) is 0 Å². The number of hydrogen-bond acceptors (Lipinski definition) is 14. The number of nitrogen functional groups attached to an aromatic ring is 1. The number of piperazine rings is 1. The van der Waals surface area contributed by atoms with Gasteiger partial charge in [0.1, 0.15) is 17.9 Å². The second-order valence-electron chi connectivity index (χ2n) is 10.8. The number of aromatic nitrogens is 5. The fraction of sp³-hybridized carbons (Fsp3) is 0.654. The normalized spacial score (nSPS) is 15.8. The van der Waals surface area contributed by atoms with E-state index in [1.807, 2.05) is 9.80 Å². The Morgan fingerprint density at radius 3 is 2.27 bits per heavy atom. The summed E-state index contributed by atoms with van der Waals surface area (Å²) in [5, 5.41) is 2.58. The van der Waals surface area contributed by atoms with E-state index in [4.69, 9.17) is 24.7 Å². The number of carbonyl (C=O) groups excluding carboxylic acids is 2. The molecule has 4 rings (SSSR count). The Hall–Kier alpha value is -4.19. The molecule has 2 aromatic heterocycles. The number of nitrogens with two attached hydrogens (primary N) is 1. The predicted octanol–water partition coefficient (Wildman–Crippen LogP) is 1.48. The van der Waals surface area contributed by atoms with Gasteiger partial charge in [0.2, 0.25) is 17.8 Å². The van der Waals surface area contributed by atoms with Gasteiger partial charge in [-0.2, -0.15) is 15.0 Å². The van der Waals surface area contributed by atoms with Gasteiger partial charge in [-0.3, -0.25) is 0 Å². The van der Waals surface area contributed by atoms with Gasteiger partial charge in [-0.25, -0.2) is 28.3 Å². The number of halogens is 2. The summed E-state index contributed by atoms with van der Waals surface area (Å²) in [6.45, 7) is 9.37. The van der Waals surface area contributed by atoms with Crippen molar-refractivity contribution < 1.29 is 37.3 Å². The molecule has 4 heterocycles. The molecule has 0 bridgehead atoms. The fourth-order valence-electron chi connectivity index (χ4n) is 4.28. The number of amides is 2. The molecule has 2 amide bonds. The maximum atomic E-state index is 13.8. The highest BCUT2D eigenvalue weighted by Gasteiger charge is 2.27. The van der Waals surface area contributed by atoms with E-state index in [0.717, 1.165) is 0 Å². The van der Waals surface area contributed by atoms with E-state index in [1.165, 1.54) is 6.20 Å². The van der Waals surface area contributed by atoms with Crippen molar-refractivity contribution in [3.05, 3.63) is 11.9 Å². The van der Waals surface area contributed by atoms with Gasteiger partial charge in [0.25, 0.3) is 6.43 Å².